The summed E-state index contributed by atoms with van der Waals surface area (Å²) in [5, 5.41) is 4.27. The molecule has 20 heavy (non-hydrogen) atoms. The molecule has 1 atom stereocenters. The SMILES string of the molecule is Cc1cnc(C(=O)N2CCC[C@@H](n3cccn3)C2)cn1. The van der Waals surface area contributed by atoms with E-state index in [2.05, 4.69) is 15.1 Å². The molecule has 2 aromatic heterocycles. The highest BCUT2D eigenvalue weighted by molar-refractivity contribution is 5.92. The number of hydrogen-bond acceptors (Lipinski definition) is 4. The van der Waals surface area contributed by atoms with Crippen molar-refractivity contribution in [1.29, 1.82) is 0 Å². The second kappa shape index (κ2) is 5.40. The minimum absolute atomic E-state index is 0.0469. The normalized spacial score (nSPS) is 19.1. The molecular formula is C14H17N5O. The van der Waals surface area contributed by atoms with Crippen molar-refractivity contribution in [2.75, 3.05) is 13.1 Å². The Hall–Kier alpha value is -2.24. The first kappa shape index (κ1) is 12.8. The van der Waals surface area contributed by atoms with Gasteiger partial charge in [0, 0.05) is 31.7 Å². The molecule has 0 spiro atoms. The first-order chi connectivity index (χ1) is 9.74. The smallest absolute Gasteiger partial charge is 0.274 e. The van der Waals surface area contributed by atoms with Gasteiger partial charge in [-0.1, -0.05) is 0 Å². The van der Waals surface area contributed by atoms with E-state index in [1.54, 1.807) is 18.6 Å². The minimum atomic E-state index is -0.0469. The molecule has 3 heterocycles. The van der Waals surface area contributed by atoms with Gasteiger partial charge in [-0.05, 0) is 25.8 Å². The lowest BCUT2D eigenvalue weighted by molar-refractivity contribution is 0.0666. The van der Waals surface area contributed by atoms with Crippen molar-refractivity contribution in [1.82, 2.24) is 24.6 Å². The maximum Gasteiger partial charge on any atom is 0.274 e. The minimum Gasteiger partial charge on any atom is -0.335 e. The Balaban J connectivity index is 1.73. The zero-order valence-electron chi connectivity index (χ0n) is 11.4. The van der Waals surface area contributed by atoms with Gasteiger partial charge >= 0.3 is 0 Å². The van der Waals surface area contributed by atoms with Crippen molar-refractivity contribution in [3.63, 3.8) is 0 Å². The highest BCUT2D eigenvalue weighted by Crippen LogP contribution is 2.21. The van der Waals surface area contributed by atoms with Gasteiger partial charge in [-0.3, -0.25) is 14.5 Å². The lowest BCUT2D eigenvalue weighted by Crippen LogP contribution is -2.41. The third-order valence-corrected chi connectivity index (χ3v) is 3.58. The predicted molar refractivity (Wildman–Crippen MR) is 73.2 cm³/mol. The first-order valence-corrected chi connectivity index (χ1v) is 6.81. The van der Waals surface area contributed by atoms with Gasteiger partial charge in [0.05, 0.1) is 17.9 Å². The van der Waals surface area contributed by atoms with E-state index in [4.69, 9.17) is 0 Å². The fraction of sp³-hybridized carbons (Fsp3) is 0.429. The summed E-state index contributed by atoms with van der Waals surface area (Å²) in [5.41, 5.74) is 1.23. The van der Waals surface area contributed by atoms with Crippen LogP contribution in [0.1, 0.15) is 35.1 Å². The monoisotopic (exact) mass is 271 g/mol. The van der Waals surface area contributed by atoms with Crippen LogP contribution in [0.5, 0.6) is 0 Å². The second-order valence-electron chi connectivity index (χ2n) is 5.08. The molecule has 2 aromatic rings. The van der Waals surface area contributed by atoms with E-state index in [0.717, 1.165) is 25.1 Å². The van der Waals surface area contributed by atoms with Crippen molar-refractivity contribution >= 4 is 5.91 Å². The van der Waals surface area contributed by atoms with Gasteiger partial charge in [0.25, 0.3) is 5.91 Å². The number of amides is 1. The Morgan fingerprint density at radius 2 is 2.25 bits per heavy atom. The van der Waals surface area contributed by atoms with Crippen LogP contribution in [-0.2, 0) is 0 Å². The Bertz CT molecular complexity index is 578. The standard InChI is InChI=1S/C14H17N5O/c1-11-8-16-13(9-15-11)14(20)18-6-2-4-12(10-18)19-7-3-5-17-19/h3,5,7-9,12H,2,4,6,10H2,1H3/t12-/m1/s1. The number of nitrogens with zero attached hydrogens (tertiary/aromatic N) is 5. The molecule has 3 rings (SSSR count). The van der Waals surface area contributed by atoms with Crippen LogP contribution < -0.4 is 0 Å². The van der Waals surface area contributed by atoms with Crippen LogP contribution >= 0.6 is 0 Å². The Kier molecular flexibility index (Phi) is 3.45. The molecule has 0 saturated carbocycles. The number of aryl methyl sites for hydroxylation is 1. The van der Waals surface area contributed by atoms with Gasteiger partial charge in [0.2, 0.25) is 0 Å². The van der Waals surface area contributed by atoms with Crippen molar-refractivity contribution in [2.24, 2.45) is 0 Å². The molecule has 6 heteroatoms. The molecule has 1 aliphatic heterocycles. The lowest BCUT2D eigenvalue weighted by Gasteiger charge is -2.32. The number of rotatable bonds is 2. The molecule has 1 amide bonds. The summed E-state index contributed by atoms with van der Waals surface area (Å²) in [4.78, 5) is 22.6. The molecule has 0 radical (unpaired) electrons. The molecule has 1 saturated heterocycles. The van der Waals surface area contributed by atoms with Crippen LogP contribution in [0.3, 0.4) is 0 Å². The maximum atomic E-state index is 12.4. The number of piperidine rings is 1. The molecule has 1 fully saturated rings. The molecule has 1 aliphatic rings. The van der Waals surface area contributed by atoms with Gasteiger partial charge in [-0.15, -0.1) is 0 Å². The summed E-state index contributed by atoms with van der Waals surface area (Å²) >= 11 is 0. The molecular weight excluding hydrogens is 254 g/mol. The van der Waals surface area contributed by atoms with E-state index < -0.39 is 0 Å². The van der Waals surface area contributed by atoms with E-state index >= 15 is 0 Å². The van der Waals surface area contributed by atoms with Crippen molar-refractivity contribution in [2.45, 2.75) is 25.8 Å². The molecule has 0 N–H and O–H groups in total. The first-order valence-electron chi connectivity index (χ1n) is 6.81. The van der Waals surface area contributed by atoms with Gasteiger partial charge in [0.15, 0.2) is 0 Å². The van der Waals surface area contributed by atoms with Crippen LogP contribution in [0.2, 0.25) is 0 Å². The average molecular weight is 271 g/mol. The second-order valence-corrected chi connectivity index (χ2v) is 5.08. The predicted octanol–water partition coefficient (Wildman–Crippen LogP) is 1.46. The maximum absolute atomic E-state index is 12.4. The van der Waals surface area contributed by atoms with Crippen LogP contribution in [0, 0.1) is 6.92 Å². The summed E-state index contributed by atoms with van der Waals surface area (Å²) in [7, 11) is 0. The quantitative estimate of drug-likeness (QED) is 0.829. The van der Waals surface area contributed by atoms with E-state index in [-0.39, 0.29) is 11.9 Å². The average Bonchev–Trinajstić information content (AvgIpc) is 3.02. The van der Waals surface area contributed by atoms with Gasteiger partial charge in [-0.25, -0.2) is 4.98 Å². The molecule has 0 aliphatic carbocycles. The van der Waals surface area contributed by atoms with Gasteiger partial charge in [0.1, 0.15) is 5.69 Å². The topological polar surface area (TPSA) is 63.9 Å². The molecule has 0 bridgehead atoms. The summed E-state index contributed by atoms with van der Waals surface area (Å²) < 4.78 is 1.93. The van der Waals surface area contributed by atoms with Crippen LogP contribution in [0.25, 0.3) is 0 Å². The van der Waals surface area contributed by atoms with Crippen LogP contribution in [0.4, 0.5) is 0 Å². The zero-order chi connectivity index (χ0) is 13.9. The Labute approximate surface area is 117 Å². The number of carbonyl (C=O) groups excluding carboxylic acids is 1. The van der Waals surface area contributed by atoms with Crippen molar-refractivity contribution < 1.29 is 4.79 Å². The highest BCUT2D eigenvalue weighted by atomic mass is 16.2. The van der Waals surface area contributed by atoms with E-state index in [0.29, 0.717) is 12.2 Å². The number of hydrogen-bond donors (Lipinski definition) is 0. The van der Waals surface area contributed by atoms with Gasteiger partial charge in [-0.2, -0.15) is 5.10 Å². The third-order valence-electron chi connectivity index (χ3n) is 3.58. The lowest BCUT2D eigenvalue weighted by atomic mass is 10.1. The van der Waals surface area contributed by atoms with E-state index in [9.17, 15) is 4.79 Å². The van der Waals surface area contributed by atoms with Crippen molar-refractivity contribution in [3.8, 4) is 0 Å². The van der Waals surface area contributed by atoms with E-state index in [1.165, 1.54) is 0 Å². The summed E-state index contributed by atoms with van der Waals surface area (Å²) in [5.74, 6) is -0.0469. The molecule has 0 aromatic carbocycles. The third kappa shape index (κ3) is 2.54. The number of likely N-dealkylation sites (tertiary alicyclic amines) is 1. The van der Waals surface area contributed by atoms with Crippen molar-refractivity contribution in [3.05, 3.63) is 42.2 Å². The molecule has 104 valence electrons. The largest absolute Gasteiger partial charge is 0.335 e. The zero-order valence-corrected chi connectivity index (χ0v) is 11.4. The molecule has 6 nitrogen and oxygen atoms in total. The summed E-state index contributed by atoms with van der Waals surface area (Å²) in [6, 6.07) is 2.16. The Morgan fingerprint density at radius 1 is 1.35 bits per heavy atom. The number of aromatic nitrogens is 4. The Morgan fingerprint density at radius 3 is 2.95 bits per heavy atom. The number of carbonyl (C=O) groups is 1. The summed E-state index contributed by atoms with van der Waals surface area (Å²) in [6.45, 7) is 3.30. The fourth-order valence-corrected chi connectivity index (χ4v) is 2.52. The van der Waals surface area contributed by atoms with Gasteiger partial charge < -0.3 is 4.90 Å². The van der Waals surface area contributed by atoms with E-state index in [1.807, 2.05) is 28.8 Å². The summed E-state index contributed by atoms with van der Waals surface area (Å²) in [6.07, 6.45) is 8.93. The fourth-order valence-electron chi connectivity index (χ4n) is 2.52. The van der Waals surface area contributed by atoms with Crippen LogP contribution in [0.15, 0.2) is 30.9 Å². The highest BCUT2D eigenvalue weighted by Gasteiger charge is 2.26. The van der Waals surface area contributed by atoms with Crippen LogP contribution in [-0.4, -0.2) is 43.6 Å². The molecule has 0 unspecified atom stereocenters.